The van der Waals surface area contributed by atoms with Gasteiger partial charge >= 0.3 is 0 Å². The molecule has 0 amide bonds. The molecule has 19 heavy (non-hydrogen) atoms. The summed E-state index contributed by atoms with van der Waals surface area (Å²) in [5.41, 5.74) is 0.969. The van der Waals surface area contributed by atoms with Crippen molar-refractivity contribution in [1.82, 2.24) is 5.32 Å². The highest BCUT2D eigenvalue weighted by Crippen LogP contribution is 2.30. The minimum atomic E-state index is 0.380. The van der Waals surface area contributed by atoms with Gasteiger partial charge in [-0.2, -0.15) is 0 Å². The van der Waals surface area contributed by atoms with E-state index in [1.165, 1.54) is 32.1 Å². The zero-order valence-electron chi connectivity index (χ0n) is 11.7. The maximum absolute atomic E-state index is 9.78. The largest absolute Gasteiger partial charge is 0.508 e. The fourth-order valence-electron chi connectivity index (χ4n) is 2.95. The van der Waals surface area contributed by atoms with E-state index in [1.807, 2.05) is 12.1 Å². The number of benzene rings is 1. The molecule has 0 aromatic heterocycles. The van der Waals surface area contributed by atoms with E-state index >= 15 is 0 Å². The lowest BCUT2D eigenvalue weighted by molar-refractivity contribution is 0.262. The molecule has 1 aromatic carbocycles. The van der Waals surface area contributed by atoms with Crippen LogP contribution in [0.25, 0.3) is 0 Å². The Kier molecular flexibility index (Phi) is 5.71. The van der Waals surface area contributed by atoms with Crippen molar-refractivity contribution in [3.8, 4) is 5.75 Å². The Morgan fingerprint density at radius 2 is 1.89 bits per heavy atom. The molecule has 3 heteroatoms. The Labute approximate surface area is 124 Å². The van der Waals surface area contributed by atoms with Crippen LogP contribution in [0.2, 0.25) is 0 Å². The van der Waals surface area contributed by atoms with Gasteiger partial charge in [0.2, 0.25) is 0 Å². The Morgan fingerprint density at radius 1 is 1.21 bits per heavy atom. The van der Waals surface area contributed by atoms with E-state index in [-0.39, 0.29) is 0 Å². The monoisotopic (exact) mass is 325 g/mol. The van der Waals surface area contributed by atoms with Crippen LogP contribution in [0.3, 0.4) is 0 Å². The van der Waals surface area contributed by atoms with Crippen LogP contribution in [0.4, 0.5) is 0 Å². The molecule has 0 saturated heterocycles. The standard InChI is InChI=1S/C16H24BrNO/c1-2-12-3-5-13(6-4-12)10-18-11-14-9-15(17)7-8-16(14)19/h7-9,12-13,18-19H,2-6,10-11H2,1H3. The lowest BCUT2D eigenvalue weighted by atomic mass is 9.81. The van der Waals surface area contributed by atoms with E-state index in [0.29, 0.717) is 5.75 Å². The van der Waals surface area contributed by atoms with Gasteiger partial charge in [-0.15, -0.1) is 0 Å². The molecular weight excluding hydrogens is 302 g/mol. The maximum Gasteiger partial charge on any atom is 0.120 e. The Hall–Kier alpha value is -0.540. The molecule has 0 bridgehead atoms. The molecule has 1 aromatic rings. The van der Waals surface area contributed by atoms with E-state index in [1.54, 1.807) is 6.07 Å². The summed E-state index contributed by atoms with van der Waals surface area (Å²) >= 11 is 3.44. The van der Waals surface area contributed by atoms with Gasteiger partial charge in [-0.1, -0.05) is 42.1 Å². The van der Waals surface area contributed by atoms with Gasteiger partial charge in [-0.25, -0.2) is 0 Å². The first-order chi connectivity index (χ1) is 9.19. The number of hydrogen-bond acceptors (Lipinski definition) is 2. The third-order valence-corrected chi connectivity index (χ3v) is 4.83. The summed E-state index contributed by atoms with van der Waals surface area (Å²) in [5, 5.41) is 13.3. The van der Waals surface area contributed by atoms with Crippen molar-refractivity contribution in [3.63, 3.8) is 0 Å². The number of rotatable bonds is 5. The zero-order chi connectivity index (χ0) is 13.7. The van der Waals surface area contributed by atoms with Crippen molar-refractivity contribution in [2.24, 2.45) is 11.8 Å². The van der Waals surface area contributed by atoms with E-state index in [2.05, 4.69) is 28.2 Å². The number of hydrogen-bond donors (Lipinski definition) is 2. The SMILES string of the molecule is CCC1CCC(CNCc2cc(Br)ccc2O)CC1. The average Bonchev–Trinajstić information content (AvgIpc) is 2.43. The normalized spacial score (nSPS) is 23.5. The molecule has 0 spiro atoms. The van der Waals surface area contributed by atoms with Crippen LogP contribution >= 0.6 is 15.9 Å². The van der Waals surface area contributed by atoms with Crippen LogP contribution in [-0.4, -0.2) is 11.7 Å². The molecule has 2 N–H and O–H groups in total. The minimum absolute atomic E-state index is 0.380. The van der Waals surface area contributed by atoms with Gasteiger partial charge in [0.05, 0.1) is 0 Å². The van der Waals surface area contributed by atoms with Crippen molar-refractivity contribution in [2.75, 3.05) is 6.54 Å². The molecular formula is C16H24BrNO. The molecule has 1 saturated carbocycles. The number of nitrogens with one attached hydrogen (secondary N) is 1. The second-order valence-electron chi connectivity index (χ2n) is 5.70. The molecule has 0 unspecified atom stereocenters. The summed E-state index contributed by atoms with van der Waals surface area (Å²) in [7, 11) is 0. The molecule has 1 aliphatic carbocycles. The zero-order valence-corrected chi connectivity index (χ0v) is 13.2. The first kappa shape index (κ1) is 14.9. The quantitative estimate of drug-likeness (QED) is 0.837. The van der Waals surface area contributed by atoms with Crippen molar-refractivity contribution in [2.45, 2.75) is 45.6 Å². The highest BCUT2D eigenvalue weighted by atomic mass is 79.9. The summed E-state index contributed by atoms with van der Waals surface area (Å²) in [6, 6.07) is 5.59. The summed E-state index contributed by atoms with van der Waals surface area (Å²) in [4.78, 5) is 0. The number of phenolic OH excluding ortho intramolecular Hbond substituents is 1. The van der Waals surface area contributed by atoms with Crippen LogP contribution in [0.1, 0.15) is 44.6 Å². The lowest BCUT2D eigenvalue weighted by Crippen LogP contribution is -2.26. The van der Waals surface area contributed by atoms with Gasteiger partial charge in [0.1, 0.15) is 5.75 Å². The number of halogens is 1. The van der Waals surface area contributed by atoms with Crippen molar-refractivity contribution in [3.05, 3.63) is 28.2 Å². The van der Waals surface area contributed by atoms with E-state index in [0.717, 1.165) is 35.0 Å². The third-order valence-electron chi connectivity index (χ3n) is 4.33. The van der Waals surface area contributed by atoms with E-state index in [4.69, 9.17) is 0 Å². The van der Waals surface area contributed by atoms with Crippen LogP contribution in [0.15, 0.2) is 22.7 Å². The van der Waals surface area contributed by atoms with Gasteiger partial charge in [-0.05, 0) is 49.4 Å². The predicted molar refractivity (Wildman–Crippen MR) is 83.3 cm³/mol. The second-order valence-corrected chi connectivity index (χ2v) is 6.61. The smallest absolute Gasteiger partial charge is 0.120 e. The highest BCUT2D eigenvalue weighted by Gasteiger charge is 2.19. The molecule has 0 heterocycles. The van der Waals surface area contributed by atoms with Gasteiger partial charge in [-0.3, -0.25) is 0 Å². The Morgan fingerprint density at radius 3 is 2.58 bits per heavy atom. The van der Waals surface area contributed by atoms with Crippen LogP contribution in [0, 0.1) is 11.8 Å². The van der Waals surface area contributed by atoms with Crippen molar-refractivity contribution < 1.29 is 5.11 Å². The summed E-state index contributed by atoms with van der Waals surface area (Å²) in [5.74, 6) is 2.16. The van der Waals surface area contributed by atoms with Crippen LogP contribution in [0.5, 0.6) is 5.75 Å². The average molecular weight is 326 g/mol. The number of phenols is 1. The Balaban J connectivity index is 1.73. The lowest BCUT2D eigenvalue weighted by Gasteiger charge is -2.28. The molecule has 0 atom stereocenters. The van der Waals surface area contributed by atoms with E-state index < -0.39 is 0 Å². The topological polar surface area (TPSA) is 32.3 Å². The molecule has 2 rings (SSSR count). The molecule has 2 nitrogen and oxygen atoms in total. The Bertz CT molecular complexity index is 400. The molecule has 0 aliphatic heterocycles. The van der Waals surface area contributed by atoms with Gasteiger partial charge in [0, 0.05) is 16.6 Å². The fraction of sp³-hybridized carbons (Fsp3) is 0.625. The fourth-order valence-corrected chi connectivity index (χ4v) is 3.36. The van der Waals surface area contributed by atoms with Crippen molar-refractivity contribution in [1.29, 1.82) is 0 Å². The first-order valence-electron chi connectivity index (χ1n) is 7.37. The molecule has 0 radical (unpaired) electrons. The highest BCUT2D eigenvalue weighted by molar-refractivity contribution is 9.10. The second kappa shape index (κ2) is 7.30. The predicted octanol–water partition coefficient (Wildman–Crippen LogP) is 4.46. The summed E-state index contributed by atoms with van der Waals surface area (Å²) in [6.07, 6.45) is 6.84. The summed E-state index contributed by atoms with van der Waals surface area (Å²) in [6.45, 7) is 4.13. The van der Waals surface area contributed by atoms with E-state index in [9.17, 15) is 5.11 Å². The minimum Gasteiger partial charge on any atom is -0.508 e. The molecule has 1 aliphatic rings. The van der Waals surface area contributed by atoms with Crippen LogP contribution < -0.4 is 5.32 Å². The van der Waals surface area contributed by atoms with Crippen molar-refractivity contribution >= 4 is 15.9 Å². The summed E-state index contributed by atoms with van der Waals surface area (Å²) < 4.78 is 1.02. The molecule has 106 valence electrons. The molecule has 1 fully saturated rings. The van der Waals surface area contributed by atoms with Gasteiger partial charge < -0.3 is 10.4 Å². The van der Waals surface area contributed by atoms with Crippen LogP contribution in [-0.2, 0) is 6.54 Å². The maximum atomic E-state index is 9.78. The first-order valence-corrected chi connectivity index (χ1v) is 8.16. The number of aromatic hydroxyl groups is 1. The van der Waals surface area contributed by atoms with Gasteiger partial charge in [0.15, 0.2) is 0 Å². The van der Waals surface area contributed by atoms with Gasteiger partial charge in [0.25, 0.3) is 0 Å². The third kappa shape index (κ3) is 4.50.